The zero-order valence-corrected chi connectivity index (χ0v) is 16.5. The van der Waals surface area contributed by atoms with Gasteiger partial charge in [-0.3, -0.25) is 14.9 Å². The largest absolute Gasteiger partial charge is 0.462 e. The summed E-state index contributed by atoms with van der Waals surface area (Å²) in [6.45, 7) is 1.65. The molecule has 156 valence electrons. The van der Waals surface area contributed by atoms with Crippen molar-refractivity contribution in [2.24, 2.45) is 5.92 Å². The molecule has 0 radical (unpaired) electrons. The average Bonchev–Trinajstić information content (AvgIpc) is 2.77. The third kappa shape index (κ3) is 4.27. The third-order valence-corrected chi connectivity index (χ3v) is 5.71. The Balaban J connectivity index is 1.39. The summed E-state index contributed by atoms with van der Waals surface area (Å²) in [6, 6.07) is 12.2. The molecule has 1 saturated heterocycles. The number of rotatable bonds is 5. The summed E-state index contributed by atoms with van der Waals surface area (Å²) in [7, 11) is 0. The molecule has 2 aliphatic rings. The number of esters is 1. The smallest absolute Gasteiger partial charge is 0.338 e. The lowest BCUT2D eigenvalue weighted by Crippen LogP contribution is -2.36. The van der Waals surface area contributed by atoms with Crippen LogP contribution in [-0.4, -0.2) is 36.5 Å². The number of amides is 1. The van der Waals surface area contributed by atoms with E-state index in [0.717, 1.165) is 18.4 Å². The van der Waals surface area contributed by atoms with E-state index in [1.807, 2.05) is 17.0 Å². The molecule has 0 bridgehead atoms. The number of nitro groups is 1. The van der Waals surface area contributed by atoms with Gasteiger partial charge in [-0.15, -0.1) is 0 Å². The molecule has 0 atom stereocenters. The van der Waals surface area contributed by atoms with Crippen LogP contribution in [-0.2, 0) is 16.0 Å². The Kier molecular flexibility index (Phi) is 5.65. The summed E-state index contributed by atoms with van der Waals surface area (Å²) in [5.41, 5.74) is 2.59. The molecule has 1 fully saturated rings. The number of nitro benzene ring substituents is 1. The van der Waals surface area contributed by atoms with Crippen molar-refractivity contribution in [1.82, 2.24) is 0 Å². The Hall–Kier alpha value is -3.42. The highest BCUT2D eigenvalue weighted by Crippen LogP contribution is 2.38. The second kappa shape index (κ2) is 8.52. The summed E-state index contributed by atoms with van der Waals surface area (Å²) in [4.78, 5) is 37.0. The van der Waals surface area contributed by atoms with Crippen molar-refractivity contribution >= 4 is 28.9 Å². The van der Waals surface area contributed by atoms with E-state index in [4.69, 9.17) is 4.74 Å². The van der Waals surface area contributed by atoms with Gasteiger partial charge in [0.1, 0.15) is 5.69 Å². The molecule has 0 saturated carbocycles. The molecular formula is C22H23N3O5. The summed E-state index contributed by atoms with van der Waals surface area (Å²) >= 11 is 0. The van der Waals surface area contributed by atoms with Gasteiger partial charge in [-0.05, 0) is 48.9 Å². The van der Waals surface area contributed by atoms with Crippen molar-refractivity contribution in [3.05, 3.63) is 63.7 Å². The second-order valence-corrected chi connectivity index (χ2v) is 7.70. The van der Waals surface area contributed by atoms with Crippen LogP contribution in [0.5, 0.6) is 0 Å². The number of piperidine rings is 1. The monoisotopic (exact) mass is 409 g/mol. The minimum atomic E-state index is -0.399. The van der Waals surface area contributed by atoms with Gasteiger partial charge < -0.3 is 15.0 Å². The molecule has 2 aromatic rings. The quantitative estimate of drug-likeness (QED) is 0.460. The second-order valence-electron chi connectivity index (χ2n) is 7.70. The predicted molar refractivity (Wildman–Crippen MR) is 112 cm³/mol. The fourth-order valence-electron chi connectivity index (χ4n) is 4.00. The number of ether oxygens (including phenoxy) is 1. The molecule has 2 aromatic carbocycles. The Morgan fingerprint density at radius 1 is 1.17 bits per heavy atom. The molecule has 4 rings (SSSR count). The first-order chi connectivity index (χ1) is 14.5. The highest BCUT2D eigenvalue weighted by Gasteiger charge is 2.28. The molecule has 8 heteroatoms. The summed E-state index contributed by atoms with van der Waals surface area (Å²) in [5.74, 6) is -0.217. The van der Waals surface area contributed by atoms with E-state index in [0.29, 0.717) is 49.5 Å². The van der Waals surface area contributed by atoms with Crippen LogP contribution in [0, 0.1) is 16.0 Å². The van der Waals surface area contributed by atoms with Gasteiger partial charge in [0.2, 0.25) is 5.91 Å². The van der Waals surface area contributed by atoms with Crippen LogP contribution in [0.25, 0.3) is 0 Å². The van der Waals surface area contributed by atoms with Gasteiger partial charge in [0.25, 0.3) is 5.69 Å². The standard InChI is InChI=1S/C22H23N3O5/c26-21-7-6-17-12-19(20(25(28)29)13-18(17)23-21)24-10-8-15(9-11-24)14-30-22(27)16-4-2-1-3-5-16/h1-5,12-13,15H,6-11,14H2,(H,23,26). The van der Waals surface area contributed by atoms with Gasteiger partial charge in [-0.1, -0.05) is 18.2 Å². The van der Waals surface area contributed by atoms with Crippen molar-refractivity contribution in [3.63, 3.8) is 0 Å². The molecule has 8 nitrogen and oxygen atoms in total. The fourth-order valence-corrected chi connectivity index (χ4v) is 4.00. The van der Waals surface area contributed by atoms with Gasteiger partial charge in [-0.2, -0.15) is 0 Å². The van der Waals surface area contributed by atoms with Crippen molar-refractivity contribution in [1.29, 1.82) is 0 Å². The van der Waals surface area contributed by atoms with Crippen LogP contribution >= 0.6 is 0 Å². The molecule has 30 heavy (non-hydrogen) atoms. The van der Waals surface area contributed by atoms with E-state index < -0.39 is 4.92 Å². The van der Waals surface area contributed by atoms with Crippen LogP contribution in [0.15, 0.2) is 42.5 Å². The SMILES string of the molecule is O=C1CCc2cc(N3CCC(COC(=O)c4ccccc4)CC3)c([N+](=O)[O-])cc2N1. The van der Waals surface area contributed by atoms with Crippen LogP contribution in [0.4, 0.5) is 17.1 Å². The highest BCUT2D eigenvalue weighted by molar-refractivity contribution is 5.95. The molecule has 2 aliphatic heterocycles. The maximum atomic E-state index is 12.1. The Morgan fingerprint density at radius 3 is 2.60 bits per heavy atom. The van der Waals surface area contributed by atoms with E-state index >= 15 is 0 Å². The average molecular weight is 409 g/mol. The molecule has 0 aliphatic carbocycles. The predicted octanol–water partition coefficient (Wildman–Crippen LogP) is 3.55. The van der Waals surface area contributed by atoms with E-state index in [1.54, 1.807) is 24.3 Å². The van der Waals surface area contributed by atoms with Crippen molar-refractivity contribution in [2.75, 3.05) is 29.9 Å². The van der Waals surface area contributed by atoms with Crippen molar-refractivity contribution in [3.8, 4) is 0 Å². The number of carbonyl (C=O) groups excluding carboxylic acids is 2. The maximum Gasteiger partial charge on any atom is 0.338 e. The minimum Gasteiger partial charge on any atom is -0.462 e. The summed E-state index contributed by atoms with van der Waals surface area (Å²) in [5, 5.41) is 14.3. The highest BCUT2D eigenvalue weighted by atomic mass is 16.6. The number of hydrogen-bond donors (Lipinski definition) is 1. The number of aryl methyl sites for hydroxylation is 1. The Bertz CT molecular complexity index is 968. The molecule has 1 amide bonds. The van der Waals surface area contributed by atoms with Crippen LogP contribution in [0.1, 0.15) is 35.2 Å². The lowest BCUT2D eigenvalue weighted by molar-refractivity contribution is -0.384. The van der Waals surface area contributed by atoms with Crippen LogP contribution < -0.4 is 10.2 Å². The molecule has 0 spiro atoms. The fraction of sp³-hybridized carbons (Fsp3) is 0.364. The lowest BCUT2D eigenvalue weighted by atomic mass is 9.95. The molecule has 0 unspecified atom stereocenters. The number of fused-ring (bicyclic) bond motifs is 1. The first kappa shape index (κ1) is 19.9. The minimum absolute atomic E-state index is 0.00454. The normalized spacial score (nSPS) is 16.5. The van der Waals surface area contributed by atoms with Crippen molar-refractivity contribution < 1.29 is 19.2 Å². The van der Waals surface area contributed by atoms with E-state index in [1.165, 1.54) is 6.07 Å². The number of nitrogens with zero attached hydrogens (tertiary/aromatic N) is 2. The number of benzene rings is 2. The summed E-state index contributed by atoms with van der Waals surface area (Å²) in [6.07, 6.45) is 2.54. The zero-order chi connectivity index (χ0) is 21.1. The molecular weight excluding hydrogens is 386 g/mol. The van der Waals surface area contributed by atoms with Crippen LogP contribution in [0.2, 0.25) is 0 Å². The number of carbonyl (C=O) groups is 2. The number of nitrogens with one attached hydrogen (secondary N) is 1. The van der Waals surface area contributed by atoms with E-state index in [2.05, 4.69) is 5.32 Å². The van der Waals surface area contributed by atoms with Gasteiger partial charge >= 0.3 is 5.97 Å². The third-order valence-electron chi connectivity index (χ3n) is 5.71. The van der Waals surface area contributed by atoms with Gasteiger partial charge in [-0.25, -0.2) is 4.79 Å². The lowest BCUT2D eigenvalue weighted by Gasteiger charge is -2.33. The number of anilines is 2. The Labute approximate surface area is 174 Å². The van der Waals surface area contributed by atoms with Gasteiger partial charge in [0.15, 0.2) is 0 Å². The molecule has 0 aromatic heterocycles. The first-order valence-electron chi connectivity index (χ1n) is 10.1. The maximum absolute atomic E-state index is 12.1. The first-order valence-corrected chi connectivity index (χ1v) is 10.1. The molecule has 1 N–H and O–H groups in total. The van der Waals surface area contributed by atoms with Gasteiger partial charge in [0, 0.05) is 25.6 Å². The molecule has 2 heterocycles. The van der Waals surface area contributed by atoms with E-state index in [9.17, 15) is 19.7 Å². The topological polar surface area (TPSA) is 102 Å². The summed E-state index contributed by atoms with van der Waals surface area (Å²) < 4.78 is 5.45. The number of hydrogen-bond acceptors (Lipinski definition) is 6. The zero-order valence-electron chi connectivity index (χ0n) is 16.5. The van der Waals surface area contributed by atoms with Gasteiger partial charge in [0.05, 0.1) is 22.8 Å². The van der Waals surface area contributed by atoms with Crippen LogP contribution in [0.3, 0.4) is 0 Å². The van der Waals surface area contributed by atoms with E-state index in [-0.39, 0.29) is 23.5 Å². The van der Waals surface area contributed by atoms with Crippen molar-refractivity contribution in [2.45, 2.75) is 25.7 Å². The Morgan fingerprint density at radius 2 is 1.90 bits per heavy atom.